The number of rotatable bonds is 9. The first kappa shape index (κ1) is 23.5. The minimum atomic E-state index is -3.69. The summed E-state index contributed by atoms with van der Waals surface area (Å²) in [5, 5.41) is 16.8. The lowest BCUT2D eigenvalue weighted by Crippen LogP contribution is -2.31. The van der Waals surface area contributed by atoms with Crippen LogP contribution in [0.15, 0.2) is 47.4 Å². The molecule has 1 heterocycles. The Morgan fingerprint density at radius 1 is 1.12 bits per heavy atom. The molecule has 1 amide bonds. The molecule has 11 heteroatoms. The normalized spacial score (nSPS) is 13.9. The Balaban J connectivity index is 1.75. The molecule has 0 aliphatic carbocycles. The molecule has 0 radical (unpaired) electrons. The second-order valence-corrected chi connectivity index (χ2v) is 9.77. The van der Waals surface area contributed by atoms with Gasteiger partial charge in [-0.05, 0) is 37.1 Å². The number of hydrogen-bond acceptors (Lipinski definition) is 7. The van der Waals surface area contributed by atoms with Crippen molar-refractivity contribution in [3.63, 3.8) is 0 Å². The van der Waals surface area contributed by atoms with Gasteiger partial charge in [-0.25, -0.2) is 12.7 Å². The van der Waals surface area contributed by atoms with Crippen LogP contribution < -0.4 is 15.5 Å². The maximum absolute atomic E-state index is 13.0. The van der Waals surface area contributed by atoms with E-state index in [-0.39, 0.29) is 23.7 Å². The molecule has 0 aromatic heterocycles. The average Bonchev–Trinajstić information content (AvgIpc) is 3.31. The highest BCUT2D eigenvalue weighted by Gasteiger charge is 2.24. The number of nitro benzene ring substituents is 1. The highest BCUT2D eigenvalue weighted by Crippen LogP contribution is 2.28. The topological polar surface area (TPSA) is 125 Å². The standard InChI is InChI=1S/C21H27N5O5S/c1-24(2)32(30,31)16-9-10-19(25-13-5-6-14-25)17(15-16)21(27)23-12-11-22-18-7-3-4-8-20(18)26(28)29/h3-4,7-10,15,22H,5-6,11-14H2,1-2H3,(H,23,27). The number of hydrogen-bond donors (Lipinski definition) is 2. The SMILES string of the molecule is CN(C)S(=O)(=O)c1ccc(N2CCCC2)c(C(=O)NCCNc2ccccc2[N+](=O)[O-])c1. The number of carbonyl (C=O) groups is 1. The zero-order valence-electron chi connectivity index (χ0n) is 18.1. The quantitative estimate of drug-likeness (QED) is 0.333. The van der Waals surface area contributed by atoms with Crippen LogP contribution in [0.25, 0.3) is 0 Å². The summed E-state index contributed by atoms with van der Waals surface area (Å²) in [5.41, 5.74) is 1.31. The number of sulfonamides is 1. The molecule has 32 heavy (non-hydrogen) atoms. The molecule has 2 N–H and O–H groups in total. The van der Waals surface area contributed by atoms with Gasteiger partial charge in [-0.1, -0.05) is 12.1 Å². The molecule has 2 aromatic rings. The molecular formula is C21H27N5O5S. The third-order valence-corrected chi connectivity index (χ3v) is 7.08. The number of carbonyl (C=O) groups excluding carboxylic acids is 1. The first-order valence-electron chi connectivity index (χ1n) is 10.3. The second kappa shape index (κ2) is 9.96. The number of nitrogens with zero attached hydrogens (tertiary/aromatic N) is 3. The summed E-state index contributed by atoms with van der Waals surface area (Å²) in [5.74, 6) is -0.396. The fourth-order valence-corrected chi connectivity index (χ4v) is 4.48. The van der Waals surface area contributed by atoms with Crippen molar-refractivity contribution in [3.05, 3.63) is 58.1 Å². The second-order valence-electron chi connectivity index (χ2n) is 7.62. The predicted molar refractivity (Wildman–Crippen MR) is 123 cm³/mol. The van der Waals surface area contributed by atoms with Crippen molar-refractivity contribution in [3.8, 4) is 0 Å². The van der Waals surface area contributed by atoms with Gasteiger partial charge in [0, 0.05) is 52.0 Å². The van der Waals surface area contributed by atoms with Crippen LogP contribution in [0.3, 0.4) is 0 Å². The van der Waals surface area contributed by atoms with Gasteiger partial charge in [0.25, 0.3) is 11.6 Å². The van der Waals surface area contributed by atoms with Crippen molar-refractivity contribution < 1.29 is 18.1 Å². The molecule has 0 spiro atoms. The van der Waals surface area contributed by atoms with Gasteiger partial charge >= 0.3 is 0 Å². The molecule has 0 bridgehead atoms. The minimum absolute atomic E-state index is 0.0447. The summed E-state index contributed by atoms with van der Waals surface area (Å²) in [6.45, 7) is 2.08. The Bertz CT molecular complexity index is 1100. The molecule has 2 aromatic carbocycles. The number of nitro groups is 1. The van der Waals surface area contributed by atoms with Gasteiger partial charge in [-0.15, -0.1) is 0 Å². The van der Waals surface area contributed by atoms with Crippen molar-refractivity contribution in [2.45, 2.75) is 17.7 Å². The molecular weight excluding hydrogens is 434 g/mol. The fraction of sp³-hybridized carbons (Fsp3) is 0.381. The smallest absolute Gasteiger partial charge is 0.292 e. The third kappa shape index (κ3) is 5.17. The number of amides is 1. The Morgan fingerprint density at radius 2 is 1.81 bits per heavy atom. The highest BCUT2D eigenvalue weighted by molar-refractivity contribution is 7.89. The minimum Gasteiger partial charge on any atom is -0.378 e. The molecule has 0 saturated carbocycles. The Morgan fingerprint density at radius 3 is 2.47 bits per heavy atom. The Labute approximate surface area is 187 Å². The van der Waals surface area contributed by atoms with E-state index in [0.29, 0.717) is 16.9 Å². The lowest BCUT2D eigenvalue weighted by molar-refractivity contribution is -0.384. The third-order valence-electron chi connectivity index (χ3n) is 5.26. The van der Waals surface area contributed by atoms with Crippen LogP contribution in [0, 0.1) is 10.1 Å². The van der Waals surface area contributed by atoms with Crippen LogP contribution in [-0.4, -0.2) is 63.8 Å². The number of benzene rings is 2. The largest absolute Gasteiger partial charge is 0.378 e. The summed E-state index contributed by atoms with van der Waals surface area (Å²) in [6.07, 6.45) is 2.02. The van der Waals surface area contributed by atoms with Gasteiger partial charge in [-0.3, -0.25) is 14.9 Å². The van der Waals surface area contributed by atoms with E-state index in [0.717, 1.165) is 30.2 Å². The van der Waals surface area contributed by atoms with Crippen LogP contribution >= 0.6 is 0 Å². The van der Waals surface area contributed by atoms with Crippen molar-refractivity contribution in [2.24, 2.45) is 0 Å². The molecule has 10 nitrogen and oxygen atoms in total. The lowest BCUT2D eigenvalue weighted by Gasteiger charge is -2.22. The van der Waals surface area contributed by atoms with Crippen molar-refractivity contribution in [2.75, 3.05) is 50.5 Å². The number of para-hydroxylation sites is 2. The van der Waals surface area contributed by atoms with Crippen LogP contribution in [0.2, 0.25) is 0 Å². The summed E-state index contributed by atoms with van der Waals surface area (Å²) in [6, 6.07) is 10.9. The molecule has 0 atom stereocenters. The van der Waals surface area contributed by atoms with E-state index in [1.54, 1.807) is 24.3 Å². The van der Waals surface area contributed by atoms with Crippen LogP contribution in [0.4, 0.5) is 17.1 Å². The number of nitrogens with one attached hydrogen (secondary N) is 2. The van der Waals surface area contributed by atoms with Crippen molar-refractivity contribution >= 4 is 33.0 Å². The van der Waals surface area contributed by atoms with Gasteiger partial charge in [0.1, 0.15) is 5.69 Å². The Kier molecular flexibility index (Phi) is 7.31. The maximum atomic E-state index is 13.0. The monoisotopic (exact) mass is 461 g/mol. The Hall–Kier alpha value is -3.18. The van der Waals surface area contributed by atoms with Crippen LogP contribution in [0.5, 0.6) is 0 Å². The van der Waals surface area contributed by atoms with E-state index in [2.05, 4.69) is 15.5 Å². The van der Waals surface area contributed by atoms with Crippen LogP contribution in [-0.2, 0) is 10.0 Å². The summed E-state index contributed by atoms with van der Waals surface area (Å²) in [7, 11) is -0.804. The highest BCUT2D eigenvalue weighted by atomic mass is 32.2. The molecule has 1 aliphatic rings. The van der Waals surface area contributed by atoms with E-state index in [4.69, 9.17) is 0 Å². The van der Waals surface area contributed by atoms with Gasteiger partial charge in [0.05, 0.1) is 15.4 Å². The van der Waals surface area contributed by atoms with Crippen molar-refractivity contribution in [1.82, 2.24) is 9.62 Å². The van der Waals surface area contributed by atoms with E-state index < -0.39 is 20.9 Å². The molecule has 1 aliphatic heterocycles. The average molecular weight is 462 g/mol. The summed E-state index contributed by atoms with van der Waals surface area (Å²) >= 11 is 0. The maximum Gasteiger partial charge on any atom is 0.292 e. The van der Waals surface area contributed by atoms with E-state index >= 15 is 0 Å². The molecule has 172 valence electrons. The zero-order chi connectivity index (χ0) is 23.3. The van der Waals surface area contributed by atoms with Gasteiger partial charge in [-0.2, -0.15) is 0 Å². The first-order valence-corrected chi connectivity index (χ1v) is 11.7. The zero-order valence-corrected chi connectivity index (χ0v) is 18.9. The number of anilines is 2. The summed E-state index contributed by atoms with van der Waals surface area (Å²) in [4.78, 5) is 25.7. The molecule has 3 rings (SSSR count). The molecule has 0 unspecified atom stereocenters. The van der Waals surface area contributed by atoms with E-state index in [1.807, 2.05) is 0 Å². The van der Waals surface area contributed by atoms with Gasteiger partial charge in [0.2, 0.25) is 10.0 Å². The first-order chi connectivity index (χ1) is 15.2. The summed E-state index contributed by atoms with van der Waals surface area (Å²) < 4.78 is 26.2. The van der Waals surface area contributed by atoms with Gasteiger partial charge in [0.15, 0.2) is 0 Å². The predicted octanol–water partition coefficient (Wildman–Crippen LogP) is 2.29. The lowest BCUT2D eigenvalue weighted by atomic mass is 10.1. The fourth-order valence-electron chi connectivity index (χ4n) is 3.55. The van der Waals surface area contributed by atoms with E-state index in [1.165, 1.54) is 32.3 Å². The van der Waals surface area contributed by atoms with E-state index in [9.17, 15) is 23.3 Å². The molecule has 1 saturated heterocycles. The van der Waals surface area contributed by atoms with Crippen LogP contribution in [0.1, 0.15) is 23.2 Å². The molecule has 1 fully saturated rings. The van der Waals surface area contributed by atoms with Gasteiger partial charge < -0.3 is 15.5 Å². The van der Waals surface area contributed by atoms with Crippen molar-refractivity contribution in [1.29, 1.82) is 0 Å².